The monoisotopic (exact) mass is 1560 g/mol. The summed E-state index contributed by atoms with van der Waals surface area (Å²) in [6.45, 7) is 6.97. The molecule has 0 atom stereocenters. The van der Waals surface area contributed by atoms with Crippen LogP contribution in [-0.4, -0.2) is 24.7 Å². The van der Waals surface area contributed by atoms with E-state index in [1.165, 1.54) is 559 Å². The molecule has 0 saturated carbocycles. The van der Waals surface area contributed by atoms with Gasteiger partial charge in [-0.1, -0.05) is 387 Å². The van der Waals surface area contributed by atoms with Crippen LogP contribution in [-0.2, 0) is 0 Å². The Morgan fingerprint density at radius 2 is 0.177 bits per heavy atom. The minimum absolute atomic E-state index is 0. The molecule has 2 heteroatoms. The fourth-order valence-electron chi connectivity index (χ4n) is 16.3. The molecule has 0 spiro atoms. The zero-order valence-corrected chi connectivity index (χ0v) is 72.2. The van der Waals surface area contributed by atoms with E-state index in [1.54, 1.807) is 44.0 Å². The van der Waals surface area contributed by atoms with E-state index in [0.29, 0.717) is 3.12 Å². The first kappa shape index (κ1) is 99.2. The average Bonchev–Trinajstić information content (AvgIpc) is 2.01. The van der Waals surface area contributed by atoms with Crippen LogP contribution in [0.3, 0.4) is 0 Å². The minimum atomic E-state index is 0. The molecule has 0 fully saturated rings. The topological polar surface area (TPSA) is 0 Å². The molecule has 0 unspecified atom stereocenters. The van der Waals surface area contributed by atoms with Gasteiger partial charge in [-0.3, -0.25) is 0 Å². The predicted molar refractivity (Wildman–Crippen MR) is 441 cm³/mol. The summed E-state index contributed by atoms with van der Waals surface area (Å²) in [7, 11) is 0. The van der Waals surface area contributed by atoms with Crippen molar-refractivity contribution in [1.82, 2.24) is 0 Å². The van der Waals surface area contributed by atoms with E-state index in [4.69, 9.17) is 0 Å². The van der Waals surface area contributed by atoms with Crippen molar-refractivity contribution >= 4 is 24.7 Å². The molecule has 0 aliphatic heterocycles. The molecule has 0 amide bonds. The van der Waals surface area contributed by atoms with Gasteiger partial charge in [0.25, 0.3) is 0 Å². The van der Waals surface area contributed by atoms with E-state index in [2.05, 4.69) is 20.8 Å². The van der Waals surface area contributed by atoms with Crippen LogP contribution in [0.5, 0.6) is 0 Å². The van der Waals surface area contributed by atoms with E-state index >= 15 is 0 Å². The summed E-state index contributed by atoms with van der Waals surface area (Å²) in [4.78, 5) is 0. The third-order valence-corrected chi connectivity index (χ3v) is 25.8. The fourth-order valence-corrected chi connectivity index (χ4v) is 18.1. The zero-order chi connectivity index (χ0) is 68.1. The van der Waals surface area contributed by atoms with Crippen molar-refractivity contribution in [3.05, 3.63) is 0 Å². The molecule has 0 aromatic carbocycles. The Morgan fingerprint density at radius 1 is 0.115 bits per heavy atom. The van der Waals surface area contributed by atoms with E-state index in [0.717, 1.165) is 0 Å². The molecule has 0 rings (SSSR count). The molecule has 0 aliphatic carbocycles. The van der Waals surface area contributed by atoms with Crippen LogP contribution in [0.2, 0.25) is 3.12 Å². The minimum Gasteiger partial charge on any atom is -1.00 e. The first-order chi connectivity index (χ1) is 47.2. The summed E-state index contributed by atoms with van der Waals surface area (Å²) >= 11 is 1.69. The summed E-state index contributed by atoms with van der Waals surface area (Å²) in [6, 6.07) is 0. The van der Waals surface area contributed by atoms with Crippen molar-refractivity contribution in [1.29, 1.82) is 0 Å². The molecule has 0 aliphatic rings. The molecule has 0 nitrogen and oxygen atoms in total. The van der Waals surface area contributed by atoms with E-state index in [1.807, 2.05) is 0 Å². The summed E-state index contributed by atoms with van der Waals surface area (Å²) in [6.07, 6.45) is 134. The van der Waals surface area contributed by atoms with Gasteiger partial charge in [0.15, 0.2) is 0 Å². The standard InChI is InChI=1S/C94H189.Bi.ClH/c1-4-7-10-13-16-19-22-25-28-31-34-37-40-43-46-49-52-55-58-61-64-67-70-73-76-79-82-85-88-91-94(92-89-86-83-80-77-74-71-68-65-62-59-56-53-50-47-44-41-38-35-32-29-26-23-20-17-14-11-8-5-2)93-90-87-84-81-78-75-72-69-66-63-60-57-54-51-48-45-42-39-36-33-30-27-24-21-18-15-12-9-6-3;;/h4-93H2,1-3H3;;1H/p-1. The quantitative estimate of drug-likeness (QED) is 0.0421. The average molecular weight is 1560 g/mol. The number of unbranched alkanes of at least 4 members (excludes halogenated alkanes) is 84. The van der Waals surface area contributed by atoms with Crippen LogP contribution in [0.25, 0.3) is 0 Å². The number of rotatable bonds is 90. The van der Waals surface area contributed by atoms with Gasteiger partial charge in [-0.25, -0.2) is 0 Å². The molecule has 0 saturated heterocycles. The normalized spacial score (nSPS) is 11.9. The second-order valence-corrected chi connectivity index (χ2v) is 36.9. The van der Waals surface area contributed by atoms with Crippen LogP contribution in [0.4, 0.5) is 0 Å². The SMILES string of the molecule is CCCCCCCCCCCCCCCCCCCCCCCCCCCCCCC[C]([Bi])(CCCCCCCCCCCCCCCCCCCCCCCCCCCCCCC)CCCCCCCCCCCCCCCCCCCCCCCCCCCCCCC.[Cl-]. The van der Waals surface area contributed by atoms with Crippen molar-refractivity contribution in [3.63, 3.8) is 0 Å². The van der Waals surface area contributed by atoms with Crippen LogP contribution in [0.1, 0.15) is 599 Å². The Morgan fingerprint density at radius 3 is 0.250 bits per heavy atom. The van der Waals surface area contributed by atoms with Gasteiger partial charge in [0.1, 0.15) is 0 Å². The molecule has 0 N–H and O–H groups in total. The Kier molecular flexibility index (Phi) is 95.4. The molecule has 578 valence electrons. The molecule has 0 heterocycles. The Labute approximate surface area is 634 Å². The Bertz CT molecular complexity index is 1130. The molecule has 0 aromatic heterocycles. The fraction of sp³-hybridized carbons (Fsp3) is 1.00. The Hall–Kier alpha value is 1.17. The first-order valence-corrected chi connectivity index (χ1v) is 48.6. The first-order valence-electron chi connectivity index (χ1n) is 46.9. The summed E-state index contributed by atoms with van der Waals surface area (Å²) < 4.78 is 0.712. The van der Waals surface area contributed by atoms with Gasteiger partial charge < -0.3 is 12.4 Å². The van der Waals surface area contributed by atoms with Crippen molar-refractivity contribution in [2.24, 2.45) is 0 Å². The molecule has 0 bridgehead atoms. The summed E-state index contributed by atoms with van der Waals surface area (Å²) in [5.74, 6) is 0. The number of halogens is 1. The van der Waals surface area contributed by atoms with Crippen LogP contribution in [0.15, 0.2) is 0 Å². The van der Waals surface area contributed by atoms with E-state index in [9.17, 15) is 0 Å². The molecule has 0 aromatic rings. The van der Waals surface area contributed by atoms with Gasteiger partial charge in [-0.2, -0.15) is 0 Å². The third-order valence-electron chi connectivity index (χ3n) is 23.2. The van der Waals surface area contributed by atoms with Crippen LogP contribution in [0, 0.1) is 0 Å². The smallest absolute Gasteiger partial charge is 1.00 e. The third kappa shape index (κ3) is 89.4. The zero-order valence-electron chi connectivity index (χ0n) is 68.0. The predicted octanol–water partition coefficient (Wildman–Crippen LogP) is 33.5. The van der Waals surface area contributed by atoms with Crippen LogP contribution < -0.4 is 12.4 Å². The van der Waals surface area contributed by atoms with Gasteiger partial charge in [0.2, 0.25) is 0 Å². The summed E-state index contributed by atoms with van der Waals surface area (Å²) in [5.41, 5.74) is 0. The van der Waals surface area contributed by atoms with Gasteiger partial charge in [-0.05, 0) is 0 Å². The van der Waals surface area contributed by atoms with Gasteiger partial charge in [0, 0.05) is 0 Å². The number of hydrogen-bond acceptors (Lipinski definition) is 0. The van der Waals surface area contributed by atoms with Crippen LogP contribution >= 0.6 is 0 Å². The van der Waals surface area contributed by atoms with E-state index < -0.39 is 0 Å². The molecular weight excluding hydrogens is 1370 g/mol. The van der Waals surface area contributed by atoms with Crippen molar-refractivity contribution in [3.8, 4) is 0 Å². The van der Waals surface area contributed by atoms with Gasteiger partial charge in [0.05, 0.1) is 0 Å². The van der Waals surface area contributed by atoms with Gasteiger partial charge in [-0.15, -0.1) is 0 Å². The maximum atomic E-state index is 2.32. The van der Waals surface area contributed by atoms with Gasteiger partial charge >= 0.3 is 240 Å². The maximum absolute atomic E-state index is 2.32. The number of hydrogen-bond donors (Lipinski definition) is 0. The van der Waals surface area contributed by atoms with Crippen molar-refractivity contribution in [2.75, 3.05) is 0 Å². The molecule has 2 radical (unpaired) electrons. The molecular formula is C94H189BiCl-. The Balaban J connectivity index is 0. The van der Waals surface area contributed by atoms with Crippen molar-refractivity contribution < 1.29 is 12.4 Å². The molecule has 96 heavy (non-hydrogen) atoms. The van der Waals surface area contributed by atoms with Crippen molar-refractivity contribution in [2.45, 2.75) is 602 Å². The second-order valence-electron chi connectivity index (χ2n) is 33.2. The second kappa shape index (κ2) is 92.3. The van der Waals surface area contributed by atoms with E-state index in [-0.39, 0.29) is 12.4 Å². The summed E-state index contributed by atoms with van der Waals surface area (Å²) in [5, 5.41) is 0.